The van der Waals surface area contributed by atoms with Crippen LogP contribution in [-0.4, -0.2) is 65.7 Å². The monoisotopic (exact) mass is 538 g/mol. The highest BCUT2D eigenvalue weighted by atomic mass is 35.5. The quantitative estimate of drug-likeness (QED) is 0.445. The Morgan fingerprint density at radius 2 is 2.00 bits per heavy atom. The minimum absolute atomic E-state index is 0.0554. The van der Waals surface area contributed by atoms with E-state index in [0.717, 1.165) is 17.3 Å². The Morgan fingerprint density at radius 3 is 2.65 bits per heavy atom. The molecule has 0 bridgehead atoms. The van der Waals surface area contributed by atoms with Gasteiger partial charge in [-0.1, -0.05) is 18.2 Å². The van der Waals surface area contributed by atoms with Crippen LogP contribution in [0.25, 0.3) is 0 Å². The van der Waals surface area contributed by atoms with Crippen molar-refractivity contribution in [2.24, 2.45) is 5.92 Å². The van der Waals surface area contributed by atoms with Gasteiger partial charge in [0.25, 0.3) is 6.43 Å². The lowest BCUT2D eigenvalue weighted by Crippen LogP contribution is -2.71. The van der Waals surface area contributed by atoms with Crippen LogP contribution in [0.4, 0.5) is 19.0 Å². The number of rotatable bonds is 10. The van der Waals surface area contributed by atoms with Gasteiger partial charge in [0.1, 0.15) is 11.6 Å². The third kappa shape index (κ3) is 5.08. The van der Waals surface area contributed by atoms with Crippen LogP contribution < -0.4 is 5.32 Å². The highest BCUT2D eigenvalue weighted by molar-refractivity contribution is 6.28. The summed E-state index contributed by atoms with van der Waals surface area (Å²) in [4.78, 5) is 24.0. The molecule has 1 aromatic heterocycles. The van der Waals surface area contributed by atoms with Crippen molar-refractivity contribution in [1.82, 2.24) is 14.9 Å². The van der Waals surface area contributed by atoms with Crippen LogP contribution >= 0.6 is 11.6 Å². The second-order valence-corrected chi connectivity index (χ2v) is 10.6. The number of nitrogens with zero attached hydrogens (tertiary/aromatic N) is 3. The van der Waals surface area contributed by atoms with E-state index >= 15 is 0 Å². The third-order valence-electron chi connectivity index (χ3n) is 7.89. The summed E-state index contributed by atoms with van der Waals surface area (Å²) in [6.45, 7) is 4.28. The first-order valence-corrected chi connectivity index (χ1v) is 12.9. The van der Waals surface area contributed by atoms with Gasteiger partial charge in [-0.2, -0.15) is 0 Å². The zero-order chi connectivity index (χ0) is 26.3. The van der Waals surface area contributed by atoms with E-state index in [4.69, 9.17) is 21.1 Å². The molecule has 3 aliphatic rings. The number of hydrogen-bond donors (Lipinski definition) is 1. The van der Waals surface area contributed by atoms with Gasteiger partial charge in [-0.3, -0.25) is 9.69 Å². The summed E-state index contributed by atoms with van der Waals surface area (Å²) in [5, 5.41) is 3.20. The molecule has 0 radical (unpaired) electrons. The first-order valence-electron chi connectivity index (χ1n) is 12.5. The van der Waals surface area contributed by atoms with Crippen LogP contribution in [0.5, 0.6) is 0 Å². The molecule has 0 spiro atoms. The average Bonchev–Trinajstić information content (AvgIpc) is 3.21. The van der Waals surface area contributed by atoms with E-state index in [1.54, 1.807) is 14.0 Å². The number of aromatic nitrogens is 2. The van der Waals surface area contributed by atoms with E-state index in [2.05, 4.69) is 20.2 Å². The largest absolute Gasteiger partial charge is 0.378 e. The SMILES string of the molecule is COC1(C(=O)CCC2Cc3nc(Cl)nc(N[C@H](C)c4cccc(C(F)F)c4F)c3C2)CN(C2COC2)C1. The van der Waals surface area contributed by atoms with Crippen LogP contribution in [0, 0.1) is 11.7 Å². The van der Waals surface area contributed by atoms with Gasteiger partial charge >= 0.3 is 0 Å². The number of likely N-dealkylation sites (tertiary alicyclic amines) is 1. The first kappa shape index (κ1) is 26.3. The third-order valence-corrected chi connectivity index (χ3v) is 8.06. The number of ether oxygens (including phenoxy) is 2. The molecule has 2 saturated heterocycles. The van der Waals surface area contributed by atoms with Crippen molar-refractivity contribution in [2.45, 2.75) is 56.7 Å². The molecule has 2 fully saturated rings. The van der Waals surface area contributed by atoms with E-state index < -0.39 is 29.4 Å². The maximum Gasteiger partial charge on any atom is 0.266 e. The summed E-state index contributed by atoms with van der Waals surface area (Å²) < 4.78 is 51.9. The van der Waals surface area contributed by atoms with Gasteiger partial charge in [-0.15, -0.1) is 0 Å². The summed E-state index contributed by atoms with van der Waals surface area (Å²) in [6, 6.07) is 3.72. The summed E-state index contributed by atoms with van der Waals surface area (Å²) in [7, 11) is 1.59. The fourth-order valence-electron chi connectivity index (χ4n) is 5.48. The van der Waals surface area contributed by atoms with Crippen molar-refractivity contribution in [3.63, 3.8) is 0 Å². The van der Waals surface area contributed by atoms with Crippen molar-refractivity contribution in [3.05, 3.63) is 51.7 Å². The van der Waals surface area contributed by atoms with E-state index in [1.807, 2.05) is 0 Å². The number of fused-ring (bicyclic) bond motifs is 1. The maximum absolute atomic E-state index is 14.7. The molecule has 7 nitrogen and oxygen atoms in total. The first-order chi connectivity index (χ1) is 17.7. The zero-order valence-electron chi connectivity index (χ0n) is 20.8. The summed E-state index contributed by atoms with van der Waals surface area (Å²) in [6.07, 6.45) is -0.548. The predicted molar refractivity (Wildman–Crippen MR) is 131 cm³/mol. The van der Waals surface area contributed by atoms with E-state index in [1.165, 1.54) is 12.1 Å². The number of Topliss-reactive ketones (excluding diaryl/α,β-unsaturated/α-hetero) is 1. The number of ketones is 1. The molecule has 2 atom stereocenters. The summed E-state index contributed by atoms with van der Waals surface area (Å²) in [5.74, 6) is -0.194. The molecule has 37 heavy (non-hydrogen) atoms. The van der Waals surface area contributed by atoms with Crippen LogP contribution in [0.1, 0.15) is 54.6 Å². The van der Waals surface area contributed by atoms with Crippen molar-refractivity contribution in [2.75, 3.05) is 38.7 Å². The van der Waals surface area contributed by atoms with E-state index in [0.29, 0.717) is 63.8 Å². The molecule has 1 unspecified atom stereocenters. The maximum atomic E-state index is 14.7. The molecule has 11 heteroatoms. The minimum Gasteiger partial charge on any atom is -0.378 e. The Morgan fingerprint density at radius 1 is 1.27 bits per heavy atom. The van der Waals surface area contributed by atoms with Gasteiger partial charge < -0.3 is 14.8 Å². The Bertz CT molecular complexity index is 1170. The van der Waals surface area contributed by atoms with E-state index in [9.17, 15) is 18.0 Å². The Balaban J connectivity index is 1.23. The molecule has 1 N–H and O–H groups in total. The van der Waals surface area contributed by atoms with Gasteiger partial charge in [0.2, 0.25) is 5.28 Å². The fourth-order valence-corrected chi connectivity index (χ4v) is 5.67. The molecule has 1 aromatic carbocycles. The number of anilines is 1. The second-order valence-electron chi connectivity index (χ2n) is 10.2. The highest BCUT2D eigenvalue weighted by Gasteiger charge is 2.52. The Kier molecular flexibility index (Phi) is 7.46. The number of carbonyl (C=O) groups is 1. The average molecular weight is 539 g/mol. The zero-order valence-corrected chi connectivity index (χ0v) is 21.5. The van der Waals surface area contributed by atoms with Crippen LogP contribution in [0.15, 0.2) is 18.2 Å². The van der Waals surface area contributed by atoms with Crippen LogP contribution in [0.2, 0.25) is 5.28 Å². The molecule has 0 amide bonds. The molecule has 0 saturated carbocycles. The normalized spacial score (nSPS) is 21.9. The van der Waals surface area contributed by atoms with E-state index in [-0.39, 0.29) is 22.5 Å². The topological polar surface area (TPSA) is 76.6 Å². The molecule has 200 valence electrons. The van der Waals surface area contributed by atoms with Crippen molar-refractivity contribution >= 4 is 23.2 Å². The molecular formula is C26H30ClF3N4O3. The highest BCUT2D eigenvalue weighted by Crippen LogP contribution is 2.37. The standard InChI is InChI=1S/C26H30ClF3N4O3/c1-14(17-4-3-5-18(22(17)28)23(29)30)31-24-19-8-15(9-20(19)32-25(27)33-24)6-7-21(35)26(36-2)12-34(13-26)16-10-37-11-16/h3-5,14-16,23H,6-13H2,1-2H3,(H,31,32,33)/t14-,15?/m1/s1. The number of methoxy groups -OCH3 is 1. The number of hydrogen-bond acceptors (Lipinski definition) is 7. The lowest BCUT2D eigenvalue weighted by atomic mass is 9.83. The van der Waals surface area contributed by atoms with Crippen LogP contribution in [-0.2, 0) is 27.1 Å². The number of halogens is 4. The van der Waals surface area contributed by atoms with Crippen molar-refractivity contribution in [3.8, 4) is 0 Å². The number of carbonyl (C=O) groups excluding carboxylic acids is 1. The second kappa shape index (κ2) is 10.5. The van der Waals surface area contributed by atoms with Crippen LogP contribution in [0.3, 0.4) is 0 Å². The molecule has 3 heterocycles. The Labute approximate surface area is 218 Å². The minimum atomic E-state index is -2.90. The lowest BCUT2D eigenvalue weighted by molar-refractivity contribution is -0.188. The molecule has 2 aliphatic heterocycles. The van der Waals surface area contributed by atoms with Gasteiger partial charge in [0, 0.05) is 37.7 Å². The van der Waals surface area contributed by atoms with Gasteiger partial charge in [-0.05, 0) is 43.7 Å². The number of nitrogens with one attached hydrogen (secondary N) is 1. The molecule has 2 aromatic rings. The summed E-state index contributed by atoms with van der Waals surface area (Å²) in [5.41, 5.74) is 0.388. The smallest absolute Gasteiger partial charge is 0.266 e. The van der Waals surface area contributed by atoms with Crippen molar-refractivity contribution in [1.29, 1.82) is 0 Å². The molecule has 5 rings (SSSR count). The van der Waals surface area contributed by atoms with Crippen molar-refractivity contribution < 1.29 is 27.4 Å². The fraction of sp³-hybridized carbons (Fsp3) is 0.577. The van der Waals surface area contributed by atoms with Gasteiger partial charge in [0.05, 0.1) is 36.6 Å². The molecular weight excluding hydrogens is 509 g/mol. The molecule has 1 aliphatic carbocycles. The number of benzene rings is 1. The lowest BCUT2D eigenvalue weighted by Gasteiger charge is -2.53. The summed E-state index contributed by atoms with van der Waals surface area (Å²) >= 11 is 6.17. The number of alkyl halides is 2. The van der Waals surface area contributed by atoms with Gasteiger partial charge in [-0.25, -0.2) is 23.1 Å². The Hall–Kier alpha value is -2.27. The predicted octanol–water partition coefficient (Wildman–Crippen LogP) is 4.54. The van der Waals surface area contributed by atoms with Gasteiger partial charge in [0.15, 0.2) is 11.4 Å².